The molecule has 0 aromatic heterocycles. The maximum absolute atomic E-state index is 11.2. The Morgan fingerprint density at radius 3 is 2.11 bits per heavy atom. The van der Waals surface area contributed by atoms with Crippen LogP contribution in [0.25, 0.3) is 0 Å². The molecule has 0 spiro atoms. The summed E-state index contributed by atoms with van der Waals surface area (Å²) in [7, 11) is 0. The number of non-ortho nitro benzene ring substituents is 2. The highest BCUT2D eigenvalue weighted by Crippen LogP contribution is 2.39. The average molecular weight is 498 g/mol. The van der Waals surface area contributed by atoms with Gasteiger partial charge in [-0.25, -0.2) is 0 Å². The Morgan fingerprint density at radius 2 is 1.51 bits per heavy atom. The van der Waals surface area contributed by atoms with Gasteiger partial charge in [-0.3, -0.25) is 20.2 Å². The Morgan fingerprint density at radius 1 is 0.914 bits per heavy atom. The van der Waals surface area contributed by atoms with Crippen molar-refractivity contribution in [3.63, 3.8) is 0 Å². The number of benzene rings is 3. The first-order valence-corrected chi connectivity index (χ1v) is 11.4. The molecule has 3 aromatic carbocycles. The van der Waals surface area contributed by atoms with Gasteiger partial charge in [-0.1, -0.05) is 48.0 Å². The zero-order valence-corrected chi connectivity index (χ0v) is 19.5. The smallest absolute Gasteiger partial charge is 0.269 e. The van der Waals surface area contributed by atoms with Gasteiger partial charge < -0.3 is 14.8 Å². The fourth-order valence-electron chi connectivity index (χ4n) is 4.27. The van der Waals surface area contributed by atoms with Crippen molar-refractivity contribution in [1.82, 2.24) is 5.32 Å². The third kappa shape index (κ3) is 5.83. The maximum Gasteiger partial charge on any atom is 0.269 e. The van der Waals surface area contributed by atoms with Gasteiger partial charge in [0.15, 0.2) is 0 Å². The van der Waals surface area contributed by atoms with Gasteiger partial charge >= 0.3 is 0 Å². The van der Waals surface area contributed by atoms with E-state index in [1.54, 1.807) is 36.4 Å². The van der Waals surface area contributed by atoms with Crippen LogP contribution in [0, 0.1) is 20.2 Å². The van der Waals surface area contributed by atoms with Crippen molar-refractivity contribution in [2.75, 3.05) is 13.1 Å². The molecule has 0 amide bonds. The molecule has 0 radical (unpaired) electrons. The molecule has 4 rings (SSSR count). The monoisotopic (exact) mass is 497 g/mol. The lowest BCUT2D eigenvalue weighted by molar-refractivity contribution is -0.385. The minimum Gasteiger partial charge on any atom is -0.369 e. The first-order chi connectivity index (χ1) is 16.9. The molecule has 1 heterocycles. The highest BCUT2D eigenvalue weighted by molar-refractivity contribution is 6.30. The molecule has 0 aliphatic carbocycles. The number of piperidine rings is 1. The van der Waals surface area contributed by atoms with E-state index >= 15 is 0 Å². The summed E-state index contributed by atoms with van der Waals surface area (Å²) in [5.41, 5.74) is 1.35. The molecule has 3 aromatic rings. The van der Waals surface area contributed by atoms with Crippen LogP contribution in [0.5, 0.6) is 0 Å². The highest BCUT2D eigenvalue weighted by Gasteiger charge is 2.44. The van der Waals surface area contributed by atoms with Crippen LogP contribution < -0.4 is 5.32 Å². The summed E-state index contributed by atoms with van der Waals surface area (Å²) < 4.78 is 12.8. The molecule has 0 saturated carbocycles. The maximum atomic E-state index is 11.2. The number of ether oxygens (including phenoxy) is 2. The van der Waals surface area contributed by atoms with Crippen LogP contribution in [0.3, 0.4) is 0 Å². The van der Waals surface area contributed by atoms with Crippen molar-refractivity contribution >= 4 is 23.0 Å². The van der Waals surface area contributed by atoms with Crippen molar-refractivity contribution in [3.05, 3.63) is 115 Å². The Labute approximate surface area is 206 Å². The second kappa shape index (κ2) is 10.9. The fourth-order valence-corrected chi connectivity index (χ4v) is 4.39. The molecule has 9 nitrogen and oxygen atoms in total. The van der Waals surface area contributed by atoms with Gasteiger partial charge in [0, 0.05) is 35.8 Å². The standard InChI is InChI=1S/C25H24ClN3O6/c26-21-9-7-20(8-10-21)25(35-17-19-4-2-6-23(14-19)29(32)33)11-12-27-15-24(25)34-16-18-3-1-5-22(13-18)28(30)31/h1-10,13-14,24,27H,11-12,15-17H2. The summed E-state index contributed by atoms with van der Waals surface area (Å²) in [5, 5.41) is 26.3. The predicted molar refractivity (Wildman–Crippen MR) is 130 cm³/mol. The second-order valence-corrected chi connectivity index (χ2v) is 8.73. The average Bonchev–Trinajstić information content (AvgIpc) is 2.87. The third-order valence-corrected chi connectivity index (χ3v) is 6.30. The Hall–Kier alpha value is -3.37. The van der Waals surface area contributed by atoms with Crippen LogP contribution >= 0.6 is 11.6 Å². The van der Waals surface area contributed by atoms with Crippen LogP contribution in [-0.4, -0.2) is 29.0 Å². The number of hydrogen-bond acceptors (Lipinski definition) is 7. The number of rotatable bonds is 9. The van der Waals surface area contributed by atoms with E-state index in [1.165, 1.54) is 24.3 Å². The van der Waals surface area contributed by atoms with Gasteiger partial charge in [0.1, 0.15) is 11.7 Å². The number of hydrogen-bond donors (Lipinski definition) is 1. The second-order valence-electron chi connectivity index (χ2n) is 8.29. The molecule has 1 saturated heterocycles. The summed E-state index contributed by atoms with van der Waals surface area (Å²) in [6.45, 7) is 1.46. The van der Waals surface area contributed by atoms with Crippen LogP contribution in [0.15, 0.2) is 72.8 Å². The van der Waals surface area contributed by atoms with E-state index in [9.17, 15) is 20.2 Å². The SMILES string of the molecule is O=[N+]([O-])c1cccc(COC2CNCCC2(OCc2cccc([N+](=O)[O-])c2)c2ccc(Cl)cc2)c1. The molecule has 1 fully saturated rings. The Balaban J connectivity index is 1.62. The van der Waals surface area contributed by atoms with Crippen molar-refractivity contribution in [2.24, 2.45) is 0 Å². The van der Waals surface area contributed by atoms with Gasteiger partial charge in [-0.15, -0.1) is 0 Å². The largest absolute Gasteiger partial charge is 0.369 e. The van der Waals surface area contributed by atoms with E-state index in [-0.39, 0.29) is 24.6 Å². The summed E-state index contributed by atoms with van der Waals surface area (Å²) in [4.78, 5) is 21.5. The van der Waals surface area contributed by atoms with E-state index in [1.807, 2.05) is 12.1 Å². The van der Waals surface area contributed by atoms with Gasteiger partial charge in [-0.05, 0) is 41.8 Å². The molecule has 0 bridgehead atoms. The Kier molecular flexibility index (Phi) is 7.72. The lowest BCUT2D eigenvalue weighted by Gasteiger charge is -2.44. The number of nitrogens with zero attached hydrogens (tertiary/aromatic N) is 2. The van der Waals surface area contributed by atoms with E-state index < -0.39 is 21.6 Å². The van der Waals surface area contributed by atoms with Gasteiger partial charge in [0.25, 0.3) is 11.4 Å². The van der Waals surface area contributed by atoms with Crippen LogP contribution in [0.2, 0.25) is 5.02 Å². The molecule has 182 valence electrons. The fraction of sp³-hybridized carbons (Fsp3) is 0.280. The third-order valence-electron chi connectivity index (χ3n) is 6.05. The first-order valence-electron chi connectivity index (χ1n) is 11.1. The predicted octanol–water partition coefficient (Wildman–Crippen LogP) is 5.15. The summed E-state index contributed by atoms with van der Waals surface area (Å²) >= 11 is 6.13. The van der Waals surface area contributed by atoms with E-state index in [2.05, 4.69) is 5.32 Å². The lowest BCUT2D eigenvalue weighted by Crippen LogP contribution is -2.54. The number of nitro benzene ring substituents is 2. The molecule has 1 aliphatic heterocycles. The van der Waals surface area contributed by atoms with Gasteiger partial charge in [0.05, 0.1) is 23.1 Å². The first kappa shape index (κ1) is 24.7. The van der Waals surface area contributed by atoms with Gasteiger partial charge in [-0.2, -0.15) is 0 Å². The van der Waals surface area contributed by atoms with Crippen LogP contribution in [0.1, 0.15) is 23.1 Å². The minimum atomic E-state index is -0.860. The molecular formula is C25H24ClN3O6. The zero-order valence-electron chi connectivity index (χ0n) is 18.8. The summed E-state index contributed by atoms with van der Waals surface area (Å²) in [6, 6.07) is 20.0. The van der Waals surface area contributed by atoms with E-state index in [0.717, 1.165) is 5.56 Å². The Bertz CT molecular complexity index is 1210. The highest BCUT2D eigenvalue weighted by atomic mass is 35.5. The van der Waals surface area contributed by atoms with Crippen molar-refractivity contribution in [1.29, 1.82) is 0 Å². The van der Waals surface area contributed by atoms with Crippen molar-refractivity contribution in [2.45, 2.75) is 31.3 Å². The molecule has 2 unspecified atom stereocenters. The quantitative estimate of drug-likeness (QED) is 0.321. The molecule has 10 heteroatoms. The molecule has 1 aliphatic rings. The number of halogens is 1. The normalized spacial score (nSPS) is 19.9. The van der Waals surface area contributed by atoms with Crippen LogP contribution in [0.4, 0.5) is 11.4 Å². The zero-order chi connectivity index (χ0) is 24.8. The number of nitro groups is 2. The topological polar surface area (TPSA) is 117 Å². The van der Waals surface area contributed by atoms with Crippen molar-refractivity contribution < 1.29 is 19.3 Å². The van der Waals surface area contributed by atoms with E-state index in [0.29, 0.717) is 35.7 Å². The van der Waals surface area contributed by atoms with Gasteiger partial charge in [0.2, 0.25) is 0 Å². The van der Waals surface area contributed by atoms with Crippen molar-refractivity contribution in [3.8, 4) is 0 Å². The summed E-state index contributed by atoms with van der Waals surface area (Å²) in [6.07, 6.45) is 0.152. The van der Waals surface area contributed by atoms with Crippen LogP contribution in [-0.2, 0) is 28.3 Å². The number of nitrogens with one attached hydrogen (secondary N) is 1. The molecular weight excluding hydrogens is 474 g/mol. The summed E-state index contributed by atoms with van der Waals surface area (Å²) in [5.74, 6) is 0. The minimum absolute atomic E-state index is 0.00115. The molecule has 35 heavy (non-hydrogen) atoms. The molecule has 1 N–H and O–H groups in total. The molecule has 2 atom stereocenters. The van der Waals surface area contributed by atoms with E-state index in [4.69, 9.17) is 21.1 Å². The lowest BCUT2D eigenvalue weighted by atomic mass is 9.82.